The molecule has 1 rings (SSSR count). The van der Waals surface area contributed by atoms with E-state index in [0.29, 0.717) is 0 Å². The number of nitrogens with zero attached hydrogens (tertiary/aromatic N) is 1. The molecule has 2 N–H and O–H groups in total. The average molecular weight is 179 g/mol. The Hall–Kier alpha value is -1.38. The third-order valence-corrected chi connectivity index (χ3v) is 1.64. The highest BCUT2D eigenvalue weighted by Crippen LogP contribution is 2.05. The summed E-state index contributed by atoms with van der Waals surface area (Å²) in [6, 6.07) is 5.43. The number of hydrogen-bond acceptors (Lipinski definition) is 3. The van der Waals surface area contributed by atoms with E-state index in [4.69, 9.17) is 15.3 Å². The molecule has 5 heteroatoms. The molecule has 0 amide bonds. The lowest BCUT2D eigenvalue weighted by molar-refractivity contribution is 0.425. The highest BCUT2D eigenvalue weighted by Gasteiger charge is 2.12. The first-order valence-electron chi connectivity index (χ1n) is 3.66. The third-order valence-electron chi connectivity index (χ3n) is 1.64. The molecule has 0 spiro atoms. The molecule has 0 heterocycles. The zero-order valence-corrected chi connectivity index (χ0v) is 6.74. The molecular formula is C8H7BFNO2. The summed E-state index contributed by atoms with van der Waals surface area (Å²) in [6.07, 6.45) is -0.0770. The highest BCUT2D eigenvalue weighted by atomic mass is 19.1. The molecule has 0 aromatic heterocycles. The van der Waals surface area contributed by atoms with Gasteiger partial charge in [-0.15, -0.1) is 0 Å². The highest BCUT2D eigenvalue weighted by molar-refractivity contribution is 6.58. The molecule has 0 radical (unpaired) electrons. The number of benzene rings is 1. The van der Waals surface area contributed by atoms with Gasteiger partial charge >= 0.3 is 7.12 Å². The van der Waals surface area contributed by atoms with E-state index in [0.717, 1.165) is 6.07 Å². The van der Waals surface area contributed by atoms with Gasteiger partial charge in [-0.05, 0) is 11.5 Å². The first-order valence-corrected chi connectivity index (χ1v) is 3.66. The van der Waals surface area contributed by atoms with Gasteiger partial charge in [0.15, 0.2) is 0 Å². The molecule has 0 unspecified atom stereocenters. The van der Waals surface area contributed by atoms with Crippen LogP contribution < -0.4 is 5.46 Å². The molecule has 1 aromatic rings. The Morgan fingerprint density at radius 3 is 2.69 bits per heavy atom. The van der Waals surface area contributed by atoms with Crippen molar-refractivity contribution in [2.45, 2.75) is 6.42 Å². The van der Waals surface area contributed by atoms with Gasteiger partial charge < -0.3 is 10.0 Å². The molecule has 1 aromatic carbocycles. The first-order chi connectivity index (χ1) is 6.15. The van der Waals surface area contributed by atoms with Crippen molar-refractivity contribution in [2.24, 2.45) is 0 Å². The van der Waals surface area contributed by atoms with Crippen LogP contribution in [0.25, 0.3) is 0 Å². The fourth-order valence-corrected chi connectivity index (χ4v) is 0.976. The van der Waals surface area contributed by atoms with Crippen LogP contribution >= 0.6 is 0 Å². The van der Waals surface area contributed by atoms with Crippen molar-refractivity contribution < 1.29 is 14.4 Å². The second-order valence-corrected chi connectivity index (χ2v) is 2.56. The monoisotopic (exact) mass is 179 g/mol. The minimum absolute atomic E-state index is 0.0770. The molecule has 0 atom stereocenters. The Labute approximate surface area is 75.2 Å². The smallest absolute Gasteiger partial charge is 0.423 e. The van der Waals surface area contributed by atoms with Crippen LogP contribution in [0.5, 0.6) is 0 Å². The largest absolute Gasteiger partial charge is 0.488 e. The van der Waals surface area contributed by atoms with Crippen LogP contribution in [0.3, 0.4) is 0 Å². The molecule has 0 saturated carbocycles. The minimum Gasteiger partial charge on any atom is -0.423 e. The van der Waals surface area contributed by atoms with Crippen LogP contribution in [0.4, 0.5) is 4.39 Å². The summed E-state index contributed by atoms with van der Waals surface area (Å²) >= 11 is 0. The van der Waals surface area contributed by atoms with Crippen LogP contribution in [0.15, 0.2) is 18.2 Å². The molecule has 3 nitrogen and oxygen atoms in total. The van der Waals surface area contributed by atoms with E-state index >= 15 is 0 Å². The van der Waals surface area contributed by atoms with E-state index in [9.17, 15) is 4.39 Å². The molecule has 13 heavy (non-hydrogen) atoms. The van der Waals surface area contributed by atoms with E-state index in [1.54, 1.807) is 6.07 Å². The number of halogens is 1. The summed E-state index contributed by atoms with van der Waals surface area (Å²) < 4.78 is 12.9. The lowest BCUT2D eigenvalue weighted by Gasteiger charge is -2.02. The van der Waals surface area contributed by atoms with Gasteiger partial charge in [-0.25, -0.2) is 4.39 Å². The lowest BCUT2D eigenvalue weighted by atomic mass is 9.79. The van der Waals surface area contributed by atoms with Gasteiger partial charge in [-0.1, -0.05) is 12.1 Å². The SMILES string of the molecule is N#CCc1cc(B(O)O)ccc1F. The second kappa shape index (κ2) is 4.03. The van der Waals surface area contributed by atoms with Crippen LogP contribution in [0.1, 0.15) is 5.56 Å². The van der Waals surface area contributed by atoms with Gasteiger partial charge in [0.25, 0.3) is 0 Å². The normalized spacial score (nSPS) is 9.38. The summed E-state index contributed by atoms with van der Waals surface area (Å²) in [7, 11) is -1.63. The quantitative estimate of drug-likeness (QED) is 0.605. The van der Waals surface area contributed by atoms with Crippen LogP contribution in [0.2, 0.25) is 0 Å². The maximum absolute atomic E-state index is 12.9. The van der Waals surface area contributed by atoms with E-state index in [2.05, 4.69) is 0 Å². The number of nitriles is 1. The number of hydrogen-bond donors (Lipinski definition) is 2. The van der Waals surface area contributed by atoms with Crippen molar-refractivity contribution in [3.05, 3.63) is 29.6 Å². The molecule has 0 aliphatic rings. The van der Waals surface area contributed by atoms with Crippen LogP contribution in [0, 0.1) is 17.1 Å². The summed E-state index contributed by atoms with van der Waals surface area (Å²) in [5.74, 6) is -0.508. The predicted molar refractivity (Wildman–Crippen MR) is 45.5 cm³/mol. The Morgan fingerprint density at radius 2 is 2.15 bits per heavy atom. The Kier molecular flexibility index (Phi) is 3.01. The maximum atomic E-state index is 12.9. The molecular weight excluding hydrogens is 172 g/mol. The molecule has 0 bridgehead atoms. The van der Waals surface area contributed by atoms with Gasteiger partial charge in [0, 0.05) is 5.56 Å². The summed E-state index contributed by atoms with van der Waals surface area (Å²) in [5, 5.41) is 25.8. The molecule has 0 aliphatic heterocycles. The maximum Gasteiger partial charge on any atom is 0.488 e. The lowest BCUT2D eigenvalue weighted by Crippen LogP contribution is -2.30. The van der Waals surface area contributed by atoms with Crippen molar-refractivity contribution in [1.29, 1.82) is 5.26 Å². The Balaban J connectivity index is 3.05. The fraction of sp³-hybridized carbons (Fsp3) is 0.125. The average Bonchev–Trinajstić information content (AvgIpc) is 2.08. The summed E-state index contributed by atoms with van der Waals surface area (Å²) in [4.78, 5) is 0. The number of rotatable bonds is 2. The Morgan fingerprint density at radius 1 is 1.46 bits per heavy atom. The topological polar surface area (TPSA) is 64.2 Å². The molecule has 0 saturated heterocycles. The fourth-order valence-electron chi connectivity index (χ4n) is 0.976. The molecule has 0 aliphatic carbocycles. The van der Waals surface area contributed by atoms with Crippen molar-refractivity contribution in [3.63, 3.8) is 0 Å². The van der Waals surface area contributed by atoms with E-state index < -0.39 is 12.9 Å². The van der Waals surface area contributed by atoms with Gasteiger partial charge in [0.05, 0.1) is 12.5 Å². The second-order valence-electron chi connectivity index (χ2n) is 2.56. The van der Waals surface area contributed by atoms with Gasteiger partial charge in [0.1, 0.15) is 5.82 Å². The summed E-state index contributed by atoms with van der Waals surface area (Å²) in [6.45, 7) is 0. The first kappa shape index (κ1) is 9.71. The van der Waals surface area contributed by atoms with Gasteiger partial charge in [0.2, 0.25) is 0 Å². The predicted octanol–water partition coefficient (Wildman–Crippen LogP) is -0.428. The zero-order chi connectivity index (χ0) is 9.84. The Bertz CT molecular complexity index is 348. The van der Waals surface area contributed by atoms with Crippen molar-refractivity contribution in [3.8, 4) is 6.07 Å². The van der Waals surface area contributed by atoms with Gasteiger partial charge in [-0.3, -0.25) is 0 Å². The van der Waals surface area contributed by atoms with Crippen LogP contribution in [-0.2, 0) is 6.42 Å². The third kappa shape index (κ3) is 2.28. The zero-order valence-electron chi connectivity index (χ0n) is 6.74. The molecule has 66 valence electrons. The van der Waals surface area contributed by atoms with Gasteiger partial charge in [-0.2, -0.15) is 5.26 Å². The van der Waals surface area contributed by atoms with Crippen molar-refractivity contribution in [1.82, 2.24) is 0 Å². The van der Waals surface area contributed by atoms with Crippen molar-refractivity contribution >= 4 is 12.6 Å². The van der Waals surface area contributed by atoms with Crippen LogP contribution in [-0.4, -0.2) is 17.2 Å². The molecule has 0 fully saturated rings. The van der Waals surface area contributed by atoms with Crippen molar-refractivity contribution in [2.75, 3.05) is 0 Å². The minimum atomic E-state index is -1.63. The van der Waals surface area contributed by atoms with E-state index in [1.165, 1.54) is 12.1 Å². The summed E-state index contributed by atoms with van der Waals surface area (Å²) in [5.41, 5.74) is 0.361. The standard InChI is InChI=1S/C8H7BFNO2/c10-8-2-1-7(9(12)13)5-6(8)3-4-11/h1-2,5,12-13H,3H2. The van der Waals surface area contributed by atoms with E-state index in [1.807, 2.05) is 0 Å². The van der Waals surface area contributed by atoms with E-state index in [-0.39, 0.29) is 17.4 Å².